The van der Waals surface area contributed by atoms with Gasteiger partial charge in [0.05, 0.1) is 11.0 Å². The second-order valence-corrected chi connectivity index (χ2v) is 20.9. The van der Waals surface area contributed by atoms with Crippen LogP contribution in [0.15, 0.2) is 267 Å². The largest absolute Gasteiger partial charge is 0.310 e. The SMILES string of the molecule is CC1(C)c2ccccc2-c2ccc(-n3c4ccccc4c4cc(N(c5cccc(N(c6ccccc6)c6ccccc6)c5)c5ccc6c(c5)sc5ccc(N(c7ccccc7)c7ccccc7)cc56)ccc43)cc21. The summed E-state index contributed by atoms with van der Waals surface area (Å²) in [4.78, 5) is 7.13. The normalized spacial score (nSPS) is 12.6. The molecule has 4 nitrogen and oxygen atoms in total. The van der Waals surface area contributed by atoms with E-state index in [9.17, 15) is 0 Å². The van der Waals surface area contributed by atoms with Crippen molar-refractivity contribution in [2.24, 2.45) is 0 Å². The zero-order valence-corrected chi connectivity index (χ0v) is 41.9. The predicted molar refractivity (Wildman–Crippen MR) is 315 cm³/mol. The minimum atomic E-state index is -0.109. The lowest BCUT2D eigenvalue weighted by molar-refractivity contribution is 0.660. The summed E-state index contributed by atoms with van der Waals surface area (Å²) in [7, 11) is 0. The molecule has 2 aromatic heterocycles. The second-order valence-electron chi connectivity index (χ2n) is 19.8. The van der Waals surface area contributed by atoms with Gasteiger partial charge in [-0.3, -0.25) is 0 Å². The summed E-state index contributed by atoms with van der Waals surface area (Å²) in [6.07, 6.45) is 0. The Bertz CT molecular complexity index is 4160. The van der Waals surface area contributed by atoms with Crippen molar-refractivity contribution in [3.8, 4) is 16.8 Å². The van der Waals surface area contributed by atoms with Crippen LogP contribution in [-0.2, 0) is 5.41 Å². The molecule has 14 rings (SSSR count). The maximum Gasteiger partial charge on any atom is 0.0542 e. The van der Waals surface area contributed by atoms with E-state index in [4.69, 9.17) is 0 Å². The molecule has 1 aliphatic rings. The van der Waals surface area contributed by atoms with Gasteiger partial charge in [-0.05, 0) is 156 Å². The van der Waals surface area contributed by atoms with Gasteiger partial charge in [0, 0.05) is 93.2 Å². The van der Waals surface area contributed by atoms with Crippen LogP contribution in [-0.4, -0.2) is 4.57 Å². The molecule has 5 heteroatoms. The second kappa shape index (κ2) is 17.6. The van der Waals surface area contributed by atoms with Crippen LogP contribution in [0.4, 0.5) is 51.2 Å². The van der Waals surface area contributed by atoms with E-state index in [1.807, 2.05) is 11.3 Å². The van der Waals surface area contributed by atoms with Gasteiger partial charge in [-0.2, -0.15) is 0 Å². The third-order valence-electron chi connectivity index (χ3n) is 15.1. The molecule has 0 bridgehead atoms. The summed E-state index contributed by atoms with van der Waals surface area (Å²) in [6, 6.07) is 97.5. The van der Waals surface area contributed by atoms with Crippen molar-refractivity contribution in [3.05, 3.63) is 278 Å². The highest BCUT2D eigenvalue weighted by Gasteiger charge is 2.35. The zero-order chi connectivity index (χ0) is 49.3. The molecule has 11 aromatic carbocycles. The number of fused-ring (bicyclic) bond motifs is 9. The number of rotatable bonds is 10. The molecule has 0 atom stereocenters. The first-order chi connectivity index (χ1) is 36.5. The predicted octanol–water partition coefficient (Wildman–Crippen LogP) is 19.9. The van der Waals surface area contributed by atoms with Crippen LogP contribution in [0.3, 0.4) is 0 Å². The molecule has 352 valence electrons. The van der Waals surface area contributed by atoms with Crippen molar-refractivity contribution >= 4 is 105 Å². The van der Waals surface area contributed by atoms with Gasteiger partial charge in [0.1, 0.15) is 0 Å². The molecule has 0 saturated carbocycles. The Hall–Kier alpha value is -9.16. The van der Waals surface area contributed by atoms with Crippen molar-refractivity contribution in [2.75, 3.05) is 14.7 Å². The number of nitrogens with zero attached hydrogens (tertiary/aromatic N) is 4. The smallest absolute Gasteiger partial charge is 0.0542 e. The van der Waals surface area contributed by atoms with Crippen LogP contribution in [0.5, 0.6) is 0 Å². The molecule has 13 aromatic rings. The van der Waals surface area contributed by atoms with Crippen LogP contribution in [0.2, 0.25) is 0 Å². The first-order valence-corrected chi connectivity index (χ1v) is 26.2. The van der Waals surface area contributed by atoms with Crippen molar-refractivity contribution in [2.45, 2.75) is 19.3 Å². The van der Waals surface area contributed by atoms with Crippen molar-refractivity contribution in [3.63, 3.8) is 0 Å². The highest BCUT2D eigenvalue weighted by atomic mass is 32.1. The molecule has 0 aliphatic heterocycles. The fourth-order valence-electron chi connectivity index (χ4n) is 11.7. The van der Waals surface area contributed by atoms with Crippen LogP contribution < -0.4 is 14.7 Å². The van der Waals surface area contributed by atoms with Gasteiger partial charge >= 0.3 is 0 Å². The summed E-state index contributed by atoms with van der Waals surface area (Å²) < 4.78 is 4.95. The van der Waals surface area contributed by atoms with Gasteiger partial charge in [-0.15, -0.1) is 11.3 Å². The highest BCUT2D eigenvalue weighted by molar-refractivity contribution is 7.25. The molecule has 0 saturated heterocycles. The average molecular weight is 967 g/mol. The summed E-state index contributed by atoms with van der Waals surface area (Å²) in [5.74, 6) is 0. The lowest BCUT2D eigenvalue weighted by atomic mass is 9.82. The van der Waals surface area contributed by atoms with E-state index in [0.29, 0.717) is 0 Å². The first-order valence-electron chi connectivity index (χ1n) is 25.4. The van der Waals surface area contributed by atoms with E-state index in [1.54, 1.807) is 0 Å². The number of hydrogen-bond acceptors (Lipinski definition) is 4. The molecule has 0 amide bonds. The van der Waals surface area contributed by atoms with E-state index in [1.165, 1.54) is 69.9 Å². The lowest BCUT2D eigenvalue weighted by Crippen LogP contribution is -2.15. The molecule has 1 aliphatic carbocycles. The van der Waals surface area contributed by atoms with Crippen LogP contribution in [0.25, 0.3) is 58.8 Å². The quantitative estimate of drug-likeness (QED) is 0.136. The van der Waals surface area contributed by atoms with Gasteiger partial charge in [0.25, 0.3) is 0 Å². The summed E-state index contributed by atoms with van der Waals surface area (Å²) >= 11 is 1.85. The van der Waals surface area contributed by atoms with E-state index in [-0.39, 0.29) is 5.41 Å². The first kappa shape index (κ1) is 43.6. The van der Waals surface area contributed by atoms with Crippen molar-refractivity contribution in [1.29, 1.82) is 0 Å². The maximum absolute atomic E-state index is 2.46. The topological polar surface area (TPSA) is 14.7 Å². The van der Waals surface area contributed by atoms with Crippen LogP contribution in [0.1, 0.15) is 25.0 Å². The molecule has 74 heavy (non-hydrogen) atoms. The fraction of sp³-hybridized carbons (Fsp3) is 0.0435. The van der Waals surface area contributed by atoms with Crippen molar-refractivity contribution in [1.82, 2.24) is 4.57 Å². The van der Waals surface area contributed by atoms with Gasteiger partial charge in [-0.25, -0.2) is 0 Å². The third-order valence-corrected chi connectivity index (χ3v) is 16.2. The van der Waals surface area contributed by atoms with E-state index in [0.717, 1.165) is 51.2 Å². The molecule has 0 radical (unpaired) electrons. The minimum absolute atomic E-state index is 0.109. The Morgan fingerprint density at radius 2 is 0.770 bits per heavy atom. The Labute approximate surface area is 435 Å². The highest BCUT2D eigenvalue weighted by Crippen LogP contribution is 2.51. The standard InChI is InChI=1S/C69H50N4S/c1-69(2)63-32-17-15-30-57(63)58-38-34-55(45-64(58)69)73-65-33-18-16-31-59(65)61-43-53(36-40-66(61)73)72(52-29-19-28-51(42-52)70(47-20-7-3-8-21-47)48-22-9-4-10-23-48)56-35-39-60-62-44-54(37-41-67(62)74-68(60)46-56)71(49-24-11-5-12-25-49)50-26-13-6-14-27-50/h3-46H,1-2H3. The van der Waals surface area contributed by atoms with E-state index in [2.05, 4.69) is 300 Å². The Kier molecular flexibility index (Phi) is 10.3. The van der Waals surface area contributed by atoms with E-state index >= 15 is 0 Å². The Balaban J connectivity index is 0.940. The Morgan fingerprint density at radius 3 is 1.42 bits per heavy atom. The summed E-state index contributed by atoms with van der Waals surface area (Å²) in [5.41, 5.74) is 18.7. The fourth-order valence-corrected chi connectivity index (χ4v) is 12.8. The number of anilines is 9. The average Bonchev–Trinajstić information content (AvgIpc) is 4.06. The van der Waals surface area contributed by atoms with Gasteiger partial charge in [0.15, 0.2) is 0 Å². The molecule has 0 spiro atoms. The molecule has 0 fully saturated rings. The number of benzene rings is 11. The van der Waals surface area contributed by atoms with Gasteiger partial charge < -0.3 is 19.3 Å². The molecule has 0 unspecified atom stereocenters. The summed E-state index contributed by atoms with van der Waals surface area (Å²) in [5, 5.41) is 4.91. The summed E-state index contributed by atoms with van der Waals surface area (Å²) in [6.45, 7) is 4.72. The molecule has 0 N–H and O–H groups in total. The molecule has 2 heterocycles. The molecular weight excluding hydrogens is 917 g/mol. The minimum Gasteiger partial charge on any atom is -0.310 e. The monoisotopic (exact) mass is 966 g/mol. The Morgan fingerprint density at radius 1 is 0.297 bits per heavy atom. The molecular formula is C69H50N4S. The van der Waals surface area contributed by atoms with Crippen molar-refractivity contribution < 1.29 is 0 Å². The maximum atomic E-state index is 2.46. The van der Waals surface area contributed by atoms with Gasteiger partial charge in [0.2, 0.25) is 0 Å². The van der Waals surface area contributed by atoms with E-state index < -0.39 is 0 Å². The number of thiophene rings is 1. The number of aromatic nitrogens is 1. The number of hydrogen-bond donors (Lipinski definition) is 0. The zero-order valence-electron chi connectivity index (χ0n) is 41.1. The van der Waals surface area contributed by atoms with Crippen LogP contribution in [0, 0.1) is 0 Å². The lowest BCUT2D eigenvalue weighted by Gasteiger charge is -2.29. The van der Waals surface area contributed by atoms with Gasteiger partial charge in [-0.1, -0.05) is 147 Å². The van der Waals surface area contributed by atoms with Crippen LogP contribution >= 0.6 is 11.3 Å². The number of para-hydroxylation sites is 5. The third kappa shape index (κ3) is 7.19.